The number of allylic oxidation sites excluding steroid dienone is 4. The number of aromatic nitrogens is 1. The minimum atomic E-state index is -1.11. The monoisotopic (exact) mass is 274 g/mol. The van der Waals surface area contributed by atoms with Crippen LogP contribution < -0.4 is 5.73 Å². The number of nitrogens with two attached hydrogens (primary N) is 1. The van der Waals surface area contributed by atoms with Gasteiger partial charge in [-0.05, 0) is 12.1 Å². The van der Waals surface area contributed by atoms with Crippen LogP contribution in [0.2, 0.25) is 0 Å². The van der Waals surface area contributed by atoms with E-state index in [-0.39, 0.29) is 5.57 Å². The molecule has 0 radical (unpaired) electrons. The van der Waals surface area contributed by atoms with E-state index in [9.17, 15) is 9.59 Å². The van der Waals surface area contributed by atoms with Crippen molar-refractivity contribution in [1.82, 2.24) is 4.98 Å². The molecule has 1 heterocycles. The summed E-state index contributed by atoms with van der Waals surface area (Å²) in [5.74, 6) is 0.0678. The molecule has 0 bridgehead atoms. The van der Waals surface area contributed by atoms with Crippen LogP contribution in [-0.4, -0.2) is 16.8 Å². The lowest BCUT2D eigenvalue weighted by Gasteiger charge is -2.31. The van der Waals surface area contributed by atoms with Crippen molar-refractivity contribution in [3.63, 3.8) is 0 Å². The Kier molecular flexibility index (Phi) is 3.65. The average molecular weight is 275 g/mol. The molecule has 0 saturated carbocycles. The second kappa shape index (κ2) is 5.22. The Labute approximate surface area is 115 Å². The summed E-state index contributed by atoms with van der Waals surface area (Å²) < 4.78 is 0. The molecule has 4 nitrogen and oxygen atoms in total. The topological polar surface area (TPSA) is 73.1 Å². The lowest BCUT2D eigenvalue weighted by atomic mass is 9.80. The number of hydrogen-bond donors (Lipinski definition) is 1. The molecule has 1 aliphatic rings. The van der Waals surface area contributed by atoms with Gasteiger partial charge in [-0.1, -0.05) is 30.4 Å². The Hall–Kier alpha value is -2.16. The summed E-state index contributed by atoms with van der Waals surface area (Å²) in [7, 11) is 0. The van der Waals surface area contributed by atoms with E-state index in [0.717, 1.165) is 0 Å². The summed E-state index contributed by atoms with van der Waals surface area (Å²) in [6, 6.07) is 5.27. The highest BCUT2D eigenvalue weighted by atomic mass is 35.5. The Balaban J connectivity index is 2.54. The predicted molar refractivity (Wildman–Crippen MR) is 71.9 cm³/mol. The zero-order valence-corrected chi connectivity index (χ0v) is 10.7. The fourth-order valence-corrected chi connectivity index (χ4v) is 2.39. The van der Waals surface area contributed by atoms with E-state index < -0.39 is 16.7 Å². The van der Waals surface area contributed by atoms with E-state index in [4.69, 9.17) is 17.3 Å². The number of nitrogens with zero attached hydrogens (tertiary/aromatic N) is 1. The van der Waals surface area contributed by atoms with E-state index >= 15 is 0 Å². The third-order valence-electron chi connectivity index (χ3n) is 2.95. The van der Waals surface area contributed by atoms with Crippen molar-refractivity contribution >= 4 is 23.4 Å². The number of pyridine rings is 1. The van der Waals surface area contributed by atoms with Gasteiger partial charge in [-0.2, -0.15) is 0 Å². The van der Waals surface area contributed by atoms with Crippen molar-refractivity contribution in [2.24, 2.45) is 11.7 Å². The van der Waals surface area contributed by atoms with Crippen LogP contribution in [0.25, 0.3) is 0 Å². The van der Waals surface area contributed by atoms with Crippen LogP contribution >= 0.6 is 11.6 Å². The van der Waals surface area contributed by atoms with Crippen LogP contribution in [0.15, 0.2) is 54.3 Å². The molecular formula is C14H11ClN2O2. The zero-order chi connectivity index (χ0) is 13.9. The second-order valence-corrected chi connectivity index (χ2v) is 4.71. The molecule has 1 aliphatic carbocycles. The molecule has 19 heavy (non-hydrogen) atoms. The fourth-order valence-electron chi connectivity index (χ4n) is 2.02. The normalized spacial score (nSPS) is 24.8. The smallest absolute Gasteiger partial charge is 0.256 e. The number of carbonyl (C=O) groups is 1. The molecule has 1 aromatic rings. The molecule has 2 unspecified atom stereocenters. The summed E-state index contributed by atoms with van der Waals surface area (Å²) >= 11 is 6.58. The second-order valence-electron chi connectivity index (χ2n) is 4.08. The van der Waals surface area contributed by atoms with E-state index in [2.05, 4.69) is 4.98 Å². The molecular weight excluding hydrogens is 264 g/mol. The van der Waals surface area contributed by atoms with E-state index in [1.807, 2.05) is 0 Å². The summed E-state index contributed by atoms with van der Waals surface area (Å²) in [6.45, 7) is 0. The third-order valence-corrected chi connectivity index (χ3v) is 3.50. The van der Waals surface area contributed by atoms with Gasteiger partial charge in [0.1, 0.15) is 16.4 Å². The quantitative estimate of drug-likeness (QED) is 0.516. The molecule has 1 aromatic heterocycles. The van der Waals surface area contributed by atoms with Crippen LogP contribution in [0, 0.1) is 5.92 Å². The highest BCUT2D eigenvalue weighted by Gasteiger charge is 2.41. The lowest BCUT2D eigenvalue weighted by molar-refractivity contribution is -0.114. The number of halogens is 1. The van der Waals surface area contributed by atoms with Crippen molar-refractivity contribution in [3.8, 4) is 0 Å². The average Bonchev–Trinajstić information content (AvgIpc) is 2.42. The first-order chi connectivity index (χ1) is 9.09. The van der Waals surface area contributed by atoms with Gasteiger partial charge in [-0.15, -0.1) is 11.6 Å². The first-order valence-corrected chi connectivity index (χ1v) is 5.98. The maximum absolute atomic E-state index is 11.3. The molecule has 0 spiro atoms. The van der Waals surface area contributed by atoms with Gasteiger partial charge < -0.3 is 5.73 Å². The Morgan fingerprint density at radius 1 is 1.42 bits per heavy atom. The number of rotatable bonds is 3. The highest BCUT2D eigenvalue weighted by Crippen LogP contribution is 2.43. The van der Waals surface area contributed by atoms with Gasteiger partial charge in [0.25, 0.3) is 5.91 Å². The number of primary amides is 1. The van der Waals surface area contributed by atoms with Crippen molar-refractivity contribution in [2.45, 2.75) is 4.87 Å². The van der Waals surface area contributed by atoms with Gasteiger partial charge in [-0.3, -0.25) is 9.78 Å². The van der Waals surface area contributed by atoms with Crippen molar-refractivity contribution < 1.29 is 9.59 Å². The van der Waals surface area contributed by atoms with Gasteiger partial charge in [0.05, 0.1) is 5.69 Å². The summed E-state index contributed by atoms with van der Waals surface area (Å²) in [5, 5.41) is 0. The zero-order valence-electron chi connectivity index (χ0n) is 9.92. The first kappa shape index (κ1) is 13.3. The SMILES string of the molecule is NC(=O)C(=C=O)C1C=CC=CC1(Cl)c1ccccn1. The molecule has 1 amide bonds. The van der Waals surface area contributed by atoms with Gasteiger partial charge in [0, 0.05) is 12.1 Å². The molecule has 5 heteroatoms. The van der Waals surface area contributed by atoms with Gasteiger partial charge >= 0.3 is 0 Å². The number of amides is 1. The Morgan fingerprint density at radius 2 is 2.21 bits per heavy atom. The summed E-state index contributed by atoms with van der Waals surface area (Å²) in [4.78, 5) is 25.4. The van der Waals surface area contributed by atoms with Crippen molar-refractivity contribution in [2.75, 3.05) is 0 Å². The van der Waals surface area contributed by atoms with Crippen molar-refractivity contribution in [3.05, 3.63) is 60.0 Å². The molecule has 0 aliphatic heterocycles. The largest absolute Gasteiger partial charge is 0.365 e. The maximum Gasteiger partial charge on any atom is 0.256 e. The Morgan fingerprint density at radius 3 is 2.79 bits per heavy atom. The van der Waals surface area contributed by atoms with Crippen LogP contribution in [-0.2, 0) is 14.5 Å². The first-order valence-electron chi connectivity index (χ1n) is 5.61. The predicted octanol–water partition coefficient (Wildman–Crippen LogP) is 1.50. The number of carbonyl (C=O) groups excluding carboxylic acids is 2. The summed E-state index contributed by atoms with van der Waals surface area (Å²) in [6.07, 6.45) is 8.36. The van der Waals surface area contributed by atoms with E-state index in [1.165, 1.54) is 0 Å². The highest BCUT2D eigenvalue weighted by molar-refractivity contribution is 6.26. The van der Waals surface area contributed by atoms with Gasteiger partial charge in [0.2, 0.25) is 0 Å². The minimum absolute atomic E-state index is 0.193. The molecule has 2 rings (SSSR count). The van der Waals surface area contributed by atoms with Gasteiger partial charge in [0.15, 0.2) is 0 Å². The molecule has 96 valence electrons. The van der Waals surface area contributed by atoms with Crippen molar-refractivity contribution in [1.29, 1.82) is 0 Å². The van der Waals surface area contributed by atoms with E-state index in [0.29, 0.717) is 5.69 Å². The minimum Gasteiger partial charge on any atom is -0.365 e. The standard InChI is InChI=1S/C14H11ClN2O2/c15-14(12-6-2-4-8-17-12)7-3-1-5-11(14)10(9-18)13(16)19/h1-8,11H,(H2,16,19). The van der Waals surface area contributed by atoms with E-state index in [1.54, 1.807) is 54.6 Å². The maximum atomic E-state index is 11.3. The van der Waals surface area contributed by atoms with Crippen LogP contribution in [0.3, 0.4) is 0 Å². The van der Waals surface area contributed by atoms with Gasteiger partial charge in [-0.25, -0.2) is 4.79 Å². The van der Waals surface area contributed by atoms with Crippen LogP contribution in [0.4, 0.5) is 0 Å². The molecule has 0 aromatic carbocycles. The lowest BCUT2D eigenvalue weighted by Crippen LogP contribution is -2.34. The number of alkyl halides is 1. The molecule has 0 fully saturated rings. The fraction of sp³-hybridized carbons (Fsp3) is 0.143. The Bertz CT molecular complexity index is 603. The summed E-state index contributed by atoms with van der Waals surface area (Å²) in [5.41, 5.74) is 5.55. The molecule has 2 N–H and O–H groups in total. The third kappa shape index (κ3) is 2.36. The molecule has 0 saturated heterocycles. The number of hydrogen-bond acceptors (Lipinski definition) is 3. The molecule has 2 atom stereocenters. The van der Waals surface area contributed by atoms with Crippen LogP contribution in [0.1, 0.15) is 5.69 Å². The van der Waals surface area contributed by atoms with Crippen LogP contribution in [0.5, 0.6) is 0 Å².